The average molecular weight is 295 g/mol. The molecular formula is C14H21N3O2S. The molecule has 0 aromatic carbocycles. The number of aromatic nitrogens is 2. The molecule has 0 amide bonds. The molecule has 0 atom stereocenters. The van der Waals surface area contributed by atoms with Crippen LogP contribution < -0.4 is 5.32 Å². The topological polar surface area (TPSA) is 56.3 Å². The molecular weight excluding hydrogens is 274 g/mol. The zero-order valence-corrected chi connectivity index (χ0v) is 12.8. The van der Waals surface area contributed by atoms with Crippen LogP contribution in [-0.4, -0.2) is 43.4 Å². The SMILES string of the molecule is CCCNc1nc(CCOCCOC)nc2sccc12. The summed E-state index contributed by atoms with van der Waals surface area (Å²) < 4.78 is 10.4. The lowest BCUT2D eigenvalue weighted by Crippen LogP contribution is -2.09. The Morgan fingerprint density at radius 1 is 1.25 bits per heavy atom. The predicted molar refractivity (Wildman–Crippen MR) is 82.6 cm³/mol. The van der Waals surface area contributed by atoms with Crippen molar-refractivity contribution in [2.45, 2.75) is 19.8 Å². The molecule has 5 nitrogen and oxygen atoms in total. The van der Waals surface area contributed by atoms with E-state index in [0.717, 1.165) is 41.2 Å². The van der Waals surface area contributed by atoms with Gasteiger partial charge in [0.15, 0.2) is 0 Å². The second kappa shape index (κ2) is 8.14. The van der Waals surface area contributed by atoms with Gasteiger partial charge in [-0.1, -0.05) is 6.92 Å². The van der Waals surface area contributed by atoms with Gasteiger partial charge in [0.05, 0.1) is 25.2 Å². The molecule has 0 aliphatic rings. The summed E-state index contributed by atoms with van der Waals surface area (Å²) in [6, 6.07) is 2.07. The van der Waals surface area contributed by atoms with Crippen molar-refractivity contribution in [2.24, 2.45) is 0 Å². The van der Waals surface area contributed by atoms with Gasteiger partial charge in [-0.15, -0.1) is 11.3 Å². The summed E-state index contributed by atoms with van der Waals surface area (Å²) in [5, 5.41) is 6.52. The van der Waals surface area contributed by atoms with E-state index in [0.29, 0.717) is 19.8 Å². The second-order valence-electron chi connectivity index (χ2n) is 4.41. The smallest absolute Gasteiger partial charge is 0.138 e. The quantitative estimate of drug-likeness (QED) is 0.721. The van der Waals surface area contributed by atoms with E-state index >= 15 is 0 Å². The van der Waals surface area contributed by atoms with E-state index in [4.69, 9.17) is 9.47 Å². The molecule has 0 bridgehead atoms. The number of rotatable bonds is 9. The number of anilines is 1. The summed E-state index contributed by atoms with van der Waals surface area (Å²) in [6.45, 7) is 4.91. The van der Waals surface area contributed by atoms with Crippen molar-refractivity contribution in [1.29, 1.82) is 0 Å². The minimum atomic E-state index is 0.610. The lowest BCUT2D eigenvalue weighted by Gasteiger charge is -2.08. The van der Waals surface area contributed by atoms with Gasteiger partial charge < -0.3 is 14.8 Å². The van der Waals surface area contributed by atoms with Crippen LogP contribution in [0.1, 0.15) is 19.2 Å². The second-order valence-corrected chi connectivity index (χ2v) is 5.30. The molecule has 0 fully saturated rings. The Kier molecular flexibility index (Phi) is 6.17. The summed E-state index contributed by atoms with van der Waals surface area (Å²) >= 11 is 1.64. The molecule has 0 aliphatic heterocycles. The number of thiophene rings is 1. The Hall–Kier alpha value is -1.24. The molecule has 110 valence electrons. The highest BCUT2D eigenvalue weighted by Crippen LogP contribution is 2.25. The largest absolute Gasteiger partial charge is 0.382 e. The Bertz CT molecular complexity index is 530. The molecule has 2 aromatic rings. The maximum atomic E-state index is 5.47. The van der Waals surface area contributed by atoms with Crippen LogP contribution in [0.2, 0.25) is 0 Å². The van der Waals surface area contributed by atoms with E-state index in [2.05, 4.69) is 33.7 Å². The minimum absolute atomic E-state index is 0.610. The van der Waals surface area contributed by atoms with Crippen LogP contribution in [0.5, 0.6) is 0 Å². The number of nitrogens with zero attached hydrogens (tertiary/aromatic N) is 2. The molecule has 0 aliphatic carbocycles. The maximum Gasteiger partial charge on any atom is 0.138 e. The van der Waals surface area contributed by atoms with E-state index in [1.807, 2.05) is 0 Å². The zero-order chi connectivity index (χ0) is 14.2. The molecule has 20 heavy (non-hydrogen) atoms. The predicted octanol–water partition coefficient (Wildman–Crippen LogP) is 2.72. The first-order valence-electron chi connectivity index (χ1n) is 6.89. The fourth-order valence-electron chi connectivity index (χ4n) is 1.80. The van der Waals surface area contributed by atoms with Crippen LogP contribution in [0.3, 0.4) is 0 Å². The number of fused-ring (bicyclic) bond motifs is 1. The molecule has 0 unspecified atom stereocenters. The van der Waals surface area contributed by atoms with E-state index in [-0.39, 0.29) is 0 Å². The van der Waals surface area contributed by atoms with Gasteiger partial charge in [0, 0.05) is 20.1 Å². The van der Waals surface area contributed by atoms with Crippen LogP contribution in [0.15, 0.2) is 11.4 Å². The van der Waals surface area contributed by atoms with E-state index in [9.17, 15) is 0 Å². The minimum Gasteiger partial charge on any atom is -0.382 e. The van der Waals surface area contributed by atoms with Gasteiger partial charge in [-0.25, -0.2) is 9.97 Å². The number of hydrogen-bond donors (Lipinski definition) is 1. The van der Waals surface area contributed by atoms with Crippen molar-refractivity contribution in [2.75, 3.05) is 38.8 Å². The van der Waals surface area contributed by atoms with Crippen molar-refractivity contribution >= 4 is 27.4 Å². The molecule has 0 saturated heterocycles. The van der Waals surface area contributed by atoms with Gasteiger partial charge in [-0.05, 0) is 17.9 Å². The normalized spacial score (nSPS) is 11.1. The van der Waals surface area contributed by atoms with E-state index < -0.39 is 0 Å². The molecule has 6 heteroatoms. The van der Waals surface area contributed by atoms with E-state index in [1.165, 1.54) is 0 Å². The maximum absolute atomic E-state index is 5.47. The molecule has 0 spiro atoms. The van der Waals surface area contributed by atoms with Gasteiger partial charge in [0.25, 0.3) is 0 Å². The first kappa shape index (κ1) is 15.2. The summed E-state index contributed by atoms with van der Waals surface area (Å²) in [4.78, 5) is 10.2. The Morgan fingerprint density at radius 2 is 2.15 bits per heavy atom. The first-order valence-corrected chi connectivity index (χ1v) is 7.77. The highest BCUT2D eigenvalue weighted by molar-refractivity contribution is 7.16. The third kappa shape index (κ3) is 4.13. The van der Waals surface area contributed by atoms with Gasteiger partial charge >= 0.3 is 0 Å². The van der Waals surface area contributed by atoms with Gasteiger partial charge in [-0.3, -0.25) is 0 Å². The van der Waals surface area contributed by atoms with Gasteiger partial charge in [0.1, 0.15) is 16.5 Å². The zero-order valence-electron chi connectivity index (χ0n) is 12.0. The van der Waals surface area contributed by atoms with Crippen molar-refractivity contribution in [3.63, 3.8) is 0 Å². The Labute approximate surface area is 123 Å². The molecule has 2 heterocycles. The Morgan fingerprint density at radius 3 is 2.95 bits per heavy atom. The fraction of sp³-hybridized carbons (Fsp3) is 0.571. The third-order valence-electron chi connectivity index (χ3n) is 2.82. The van der Waals surface area contributed by atoms with Crippen LogP contribution >= 0.6 is 11.3 Å². The van der Waals surface area contributed by atoms with Crippen LogP contribution in [0.4, 0.5) is 5.82 Å². The number of nitrogens with one attached hydrogen (secondary N) is 1. The van der Waals surface area contributed by atoms with Crippen molar-refractivity contribution in [3.8, 4) is 0 Å². The van der Waals surface area contributed by atoms with Crippen LogP contribution in [0, 0.1) is 0 Å². The van der Waals surface area contributed by atoms with Crippen molar-refractivity contribution < 1.29 is 9.47 Å². The summed E-state index contributed by atoms with van der Waals surface area (Å²) in [6.07, 6.45) is 1.80. The average Bonchev–Trinajstić information content (AvgIpc) is 2.93. The van der Waals surface area contributed by atoms with Gasteiger partial charge in [-0.2, -0.15) is 0 Å². The highest BCUT2D eigenvalue weighted by atomic mass is 32.1. The van der Waals surface area contributed by atoms with Crippen LogP contribution in [-0.2, 0) is 15.9 Å². The number of hydrogen-bond acceptors (Lipinski definition) is 6. The third-order valence-corrected chi connectivity index (χ3v) is 3.62. The molecule has 0 saturated carbocycles. The van der Waals surface area contributed by atoms with Crippen molar-refractivity contribution in [3.05, 3.63) is 17.3 Å². The Balaban J connectivity index is 2.01. The number of methoxy groups -OCH3 is 1. The summed E-state index contributed by atoms with van der Waals surface area (Å²) in [5.74, 6) is 1.76. The molecule has 0 radical (unpaired) electrons. The molecule has 2 aromatic heterocycles. The first-order chi connectivity index (χ1) is 9.85. The molecule has 2 rings (SSSR count). The standard InChI is InChI=1S/C14H21N3O2S/c1-3-6-15-13-11-5-10-20-14(11)17-12(16-13)4-7-19-9-8-18-2/h5,10H,3-4,6-9H2,1-2H3,(H,15,16,17). The fourth-order valence-corrected chi connectivity index (χ4v) is 2.58. The summed E-state index contributed by atoms with van der Waals surface area (Å²) in [7, 11) is 1.67. The monoisotopic (exact) mass is 295 g/mol. The summed E-state index contributed by atoms with van der Waals surface area (Å²) in [5.41, 5.74) is 0. The lowest BCUT2D eigenvalue weighted by atomic mass is 10.3. The lowest BCUT2D eigenvalue weighted by molar-refractivity contribution is 0.0717. The highest BCUT2D eigenvalue weighted by Gasteiger charge is 2.08. The van der Waals surface area contributed by atoms with Gasteiger partial charge in [0.2, 0.25) is 0 Å². The number of ether oxygens (including phenoxy) is 2. The van der Waals surface area contributed by atoms with Crippen molar-refractivity contribution in [1.82, 2.24) is 9.97 Å². The van der Waals surface area contributed by atoms with Crippen LogP contribution in [0.25, 0.3) is 10.2 Å². The van der Waals surface area contributed by atoms with E-state index in [1.54, 1.807) is 18.4 Å². The molecule has 1 N–H and O–H groups in total.